The van der Waals surface area contributed by atoms with Gasteiger partial charge in [0, 0.05) is 26.2 Å². The maximum Gasteiger partial charge on any atom is 0.0672 e. The van der Waals surface area contributed by atoms with Crippen molar-refractivity contribution in [2.24, 2.45) is 11.8 Å². The number of rotatable bonds is 3. The second-order valence-corrected chi connectivity index (χ2v) is 4.25. The Hall–Kier alpha value is -0.590. The van der Waals surface area contributed by atoms with Gasteiger partial charge in [-0.1, -0.05) is 13.8 Å². The predicted molar refractivity (Wildman–Crippen MR) is 55.8 cm³/mol. The molecule has 0 bridgehead atoms. The molecule has 1 fully saturated rings. The van der Waals surface area contributed by atoms with Gasteiger partial charge in [-0.3, -0.25) is 4.90 Å². The molecule has 3 nitrogen and oxygen atoms in total. The van der Waals surface area contributed by atoms with Crippen LogP contribution in [0.3, 0.4) is 0 Å². The quantitative estimate of drug-likeness (QED) is 0.686. The fourth-order valence-corrected chi connectivity index (χ4v) is 1.66. The largest absolute Gasteiger partial charge is 0.380 e. The van der Waals surface area contributed by atoms with E-state index in [9.17, 15) is 0 Å². The van der Waals surface area contributed by atoms with Gasteiger partial charge in [-0.05, 0) is 12.3 Å². The molecule has 0 aliphatic carbocycles. The molecule has 0 N–H and O–H groups in total. The Kier molecular flexibility index (Phi) is 4.92. The minimum absolute atomic E-state index is 0.160. The topological polar surface area (TPSA) is 36.3 Å². The van der Waals surface area contributed by atoms with Crippen LogP contribution in [-0.4, -0.2) is 37.7 Å². The van der Waals surface area contributed by atoms with Crippen molar-refractivity contribution >= 4 is 0 Å². The highest BCUT2D eigenvalue weighted by molar-refractivity contribution is 4.87. The first-order valence-corrected chi connectivity index (χ1v) is 5.43. The lowest BCUT2D eigenvalue weighted by Gasteiger charge is -2.23. The van der Waals surface area contributed by atoms with Crippen LogP contribution in [0, 0.1) is 23.2 Å². The lowest BCUT2D eigenvalue weighted by Crippen LogP contribution is -2.33. The van der Waals surface area contributed by atoms with Gasteiger partial charge in [-0.2, -0.15) is 5.26 Å². The van der Waals surface area contributed by atoms with Crippen LogP contribution in [0.25, 0.3) is 0 Å². The van der Waals surface area contributed by atoms with Crippen molar-refractivity contribution in [3.05, 3.63) is 0 Å². The van der Waals surface area contributed by atoms with E-state index >= 15 is 0 Å². The summed E-state index contributed by atoms with van der Waals surface area (Å²) in [6.07, 6.45) is 1.09. The van der Waals surface area contributed by atoms with Crippen LogP contribution in [0.1, 0.15) is 20.3 Å². The Bertz CT molecular complexity index is 190. The SMILES string of the molecule is CC(C)C(C#N)CN1CCCOCC1. The van der Waals surface area contributed by atoms with E-state index in [1.165, 1.54) is 0 Å². The summed E-state index contributed by atoms with van der Waals surface area (Å²) in [5.41, 5.74) is 0. The summed E-state index contributed by atoms with van der Waals surface area (Å²) in [7, 11) is 0. The smallest absolute Gasteiger partial charge is 0.0672 e. The van der Waals surface area contributed by atoms with E-state index in [1.807, 2.05) is 0 Å². The normalized spacial score (nSPS) is 21.6. The summed E-state index contributed by atoms with van der Waals surface area (Å²) in [6, 6.07) is 2.39. The van der Waals surface area contributed by atoms with Crippen LogP contribution >= 0.6 is 0 Å². The average Bonchev–Trinajstić information content (AvgIpc) is 2.41. The fraction of sp³-hybridized carbons (Fsp3) is 0.909. The molecule has 0 aromatic heterocycles. The Morgan fingerprint density at radius 2 is 2.14 bits per heavy atom. The number of nitriles is 1. The third-order valence-corrected chi connectivity index (χ3v) is 2.74. The van der Waals surface area contributed by atoms with Crippen LogP contribution in [-0.2, 0) is 4.74 Å². The van der Waals surface area contributed by atoms with Gasteiger partial charge in [-0.25, -0.2) is 0 Å². The van der Waals surface area contributed by atoms with Gasteiger partial charge in [0.1, 0.15) is 0 Å². The van der Waals surface area contributed by atoms with Crippen LogP contribution in [0.5, 0.6) is 0 Å². The van der Waals surface area contributed by atoms with Crippen molar-refractivity contribution in [1.82, 2.24) is 4.90 Å². The zero-order valence-corrected chi connectivity index (χ0v) is 9.20. The molecule has 14 heavy (non-hydrogen) atoms. The van der Waals surface area contributed by atoms with E-state index in [0.717, 1.165) is 39.3 Å². The molecule has 1 atom stereocenters. The van der Waals surface area contributed by atoms with Gasteiger partial charge in [0.05, 0.1) is 18.6 Å². The van der Waals surface area contributed by atoms with Crippen molar-refractivity contribution < 1.29 is 4.74 Å². The Balaban J connectivity index is 2.37. The maximum absolute atomic E-state index is 8.99. The van der Waals surface area contributed by atoms with E-state index in [0.29, 0.717) is 5.92 Å². The van der Waals surface area contributed by atoms with Gasteiger partial charge < -0.3 is 4.74 Å². The number of hydrogen-bond acceptors (Lipinski definition) is 3. The van der Waals surface area contributed by atoms with Crippen LogP contribution in [0.2, 0.25) is 0 Å². The summed E-state index contributed by atoms with van der Waals surface area (Å²) < 4.78 is 5.38. The molecule has 1 aliphatic rings. The Labute approximate surface area is 86.6 Å². The highest BCUT2D eigenvalue weighted by atomic mass is 16.5. The molecular weight excluding hydrogens is 176 g/mol. The predicted octanol–water partition coefficient (Wildman–Crippen LogP) is 1.50. The van der Waals surface area contributed by atoms with Crippen molar-refractivity contribution in [1.29, 1.82) is 5.26 Å². The molecule has 0 aromatic rings. The fourth-order valence-electron chi connectivity index (χ4n) is 1.66. The molecule has 1 rings (SSSR count). The summed E-state index contributed by atoms with van der Waals surface area (Å²) in [5.74, 6) is 0.609. The molecule has 1 unspecified atom stereocenters. The zero-order chi connectivity index (χ0) is 10.4. The monoisotopic (exact) mass is 196 g/mol. The molecule has 80 valence electrons. The summed E-state index contributed by atoms with van der Waals surface area (Å²) >= 11 is 0. The average molecular weight is 196 g/mol. The number of nitrogens with zero attached hydrogens (tertiary/aromatic N) is 2. The first kappa shape index (κ1) is 11.5. The molecule has 0 radical (unpaired) electrons. The third-order valence-electron chi connectivity index (χ3n) is 2.74. The van der Waals surface area contributed by atoms with Crippen molar-refractivity contribution in [2.45, 2.75) is 20.3 Å². The second kappa shape index (κ2) is 6.00. The molecule has 0 saturated carbocycles. The number of ether oxygens (including phenoxy) is 1. The minimum atomic E-state index is 0.160. The number of hydrogen-bond donors (Lipinski definition) is 0. The molecule has 1 heterocycles. The highest BCUT2D eigenvalue weighted by Gasteiger charge is 2.17. The van der Waals surface area contributed by atoms with Gasteiger partial charge in [0.2, 0.25) is 0 Å². The molecule has 3 heteroatoms. The van der Waals surface area contributed by atoms with Crippen molar-refractivity contribution in [2.75, 3.05) is 32.8 Å². The minimum Gasteiger partial charge on any atom is -0.380 e. The standard InChI is InChI=1S/C11H20N2O/c1-10(2)11(8-12)9-13-4-3-6-14-7-5-13/h10-11H,3-7,9H2,1-2H3. The molecule has 0 aromatic carbocycles. The zero-order valence-electron chi connectivity index (χ0n) is 9.20. The first-order chi connectivity index (χ1) is 6.74. The van der Waals surface area contributed by atoms with Crippen LogP contribution < -0.4 is 0 Å². The maximum atomic E-state index is 8.99. The molecule has 0 spiro atoms. The Morgan fingerprint density at radius 1 is 1.36 bits per heavy atom. The highest BCUT2D eigenvalue weighted by Crippen LogP contribution is 2.12. The van der Waals surface area contributed by atoms with E-state index in [-0.39, 0.29) is 5.92 Å². The molecule has 1 aliphatic heterocycles. The first-order valence-electron chi connectivity index (χ1n) is 5.43. The molecule has 1 saturated heterocycles. The van der Waals surface area contributed by atoms with Crippen LogP contribution in [0.15, 0.2) is 0 Å². The molecular formula is C11H20N2O. The van der Waals surface area contributed by atoms with Gasteiger partial charge >= 0.3 is 0 Å². The van der Waals surface area contributed by atoms with E-state index < -0.39 is 0 Å². The lowest BCUT2D eigenvalue weighted by atomic mass is 9.97. The van der Waals surface area contributed by atoms with Crippen molar-refractivity contribution in [3.8, 4) is 6.07 Å². The summed E-state index contributed by atoms with van der Waals surface area (Å²) in [6.45, 7) is 8.86. The van der Waals surface area contributed by atoms with E-state index in [2.05, 4.69) is 24.8 Å². The molecule has 0 amide bonds. The van der Waals surface area contributed by atoms with Crippen LogP contribution in [0.4, 0.5) is 0 Å². The van der Waals surface area contributed by atoms with Gasteiger partial charge in [0.15, 0.2) is 0 Å². The van der Waals surface area contributed by atoms with E-state index in [1.54, 1.807) is 0 Å². The third kappa shape index (κ3) is 3.65. The Morgan fingerprint density at radius 3 is 2.79 bits per heavy atom. The second-order valence-electron chi connectivity index (χ2n) is 4.25. The van der Waals surface area contributed by atoms with Crippen molar-refractivity contribution in [3.63, 3.8) is 0 Å². The summed E-state index contributed by atoms with van der Waals surface area (Å²) in [4.78, 5) is 2.35. The lowest BCUT2D eigenvalue weighted by molar-refractivity contribution is 0.138. The van der Waals surface area contributed by atoms with E-state index in [4.69, 9.17) is 10.00 Å². The van der Waals surface area contributed by atoms with Gasteiger partial charge in [-0.15, -0.1) is 0 Å². The summed E-state index contributed by atoms with van der Waals surface area (Å²) in [5, 5.41) is 8.99. The van der Waals surface area contributed by atoms with Gasteiger partial charge in [0.25, 0.3) is 0 Å².